The zero-order valence-corrected chi connectivity index (χ0v) is 14.8. The number of unbranched alkanes of at least 4 members (excludes halogenated alkanes) is 3. The highest BCUT2D eigenvalue weighted by Crippen LogP contribution is 1.95. The van der Waals surface area contributed by atoms with Gasteiger partial charge in [-0.2, -0.15) is 0 Å². The summed E-state index contributed by atoms with van der Waals surface area (Å²) in [6.45, 7) is 24.5. The van der Waals surface area contributed by atoms with Crippen LogP contribution < -0.4 is 0 Å². The van der Waals surface area contributed by atoms with Crippen LogP contribution in [0.5, 0.6) is 0 Å². The molecule has 0 aromatic heterocycles. The maximum atomic E-state index is 2.23. The Morgan fingerprint density at radius 2 is 0.500 bits per heavy atom. The van der Waals surface area contributed by atoms with Gasteiger partial charge in [-0.15, -0.1) is 0 Å². The Morgan fingerprint density at radius 3 is 0.562 bits per heavy atom. The summed E-state index contributed by atoms with van der Waals surface area (Å²) < 4.78 is 0. The molecule has 0 nitrogen and oxygen atoms in total. The lowest BCUT2D eigenvalue weighted by Crippen LogP contribution is -1.66. The lowest BCUT2D eigenvalue weighted by molar-refractivity contribution is 0.702. The third-order valence-electron chi connectivity index (χ3n) is 0.957. The predicted octanol–water partition coefficient (Wildman–Crippen LogP) is 7.72. The fourth-order valence-electron chi connectivity index (χ4n) is 0.500. The van der Waals surface area contributed by atoms with Crippen LogP contribution in [-0.2, 0) is 0 Å². The lowest BCUT2D eigenvalue weighted by atomic mass is 10.2. The molecule has 0 spiro atoms. The molecule has 0 N–H and O–H groups in total. The van der Waals surface area contributed by atoms with E-state index in [1.165, 1.54) is 25.7 Å². The third-order valence-corrected chi connectivity index (χ3v) is 0.957. The van der Waals surface area contributed by atoms with Gasteiger partial charge in [-0.1, -0.05) is 109 Å². The van der Waals surface area contributed by atoms with Crippen LogP contribution in [0.2, 0.25) is 0 Å². The van der Waals surface area contributed by atoms with Crippen molar-refractivity contribution in [2.24, 2.45) is 0 Å². The zero-order chi connectivity index (χ0) is 14.8. The average Bonchev–Trinajstić information content (AvgIpc) is 2.47. The van der Waals surface area contributed by atoms with E-state index in [9.17, 15) is 0 Å². The Kier molecular flexibility index (Phi) is 413. The summed E-state index contributed by atoms with van der Waals surface area (Å²) in [5.74, 6) is 0. The molecular formula is C16H44. The average molecular weight is 237 g/mol. The quantitative estimate of drug-likeness (QED) is 0.440. The van der Waals surface area contributed by atoms with Gasteiger partial charge in [-0.25, -0.2) is 0 Å². The molecule has 0 saturated carbocycles. The summed E-state index contributed by atoms with van der Waals surface area (Å²) in [4.78, 5) is 0. The van der Waals surface area contributed by atoms with E-state index >= 15 is 0 Å². The van der Waals surface area contributed by atoms with Crippen molar-refractivity contribution in [1.29, 1.82) is 0 Å². The summed E-state index contributed by atoms with van der Waals surface area (Å²) in [5.41, 5.74) is 0. The third kappa shape index (κ3) is 263. The first-order valence-corrected chi connectivity index (χ1v) is 7.91. The molecule has 16 heavy (non-hydrogen) atoms. The topological polar surface area (TPSA) is 0 Å². The van der Waals surface area contributed by atoms with Crippen LogP contribution in [0, 0.1) is 0 Å². The molecule has 0 aromatic carbocycles. The predicted molar refractivity (Wildman–Crippen MR) is 86.6 cm³/mol. The van der Waals surface area contributed by atoms with Crippen molar-refractivity contribution in [3.05, 3.63) is 0 Å². The van der Waals surface area contributed by atoms with E-state index in [1.54, 1.807) is 0 Å². The van der Waals surface area contributed by atoms with E-state index in [-0.39, 0.29) is 0 Å². The molecule has 0 rings (SSSR count). The van der Waals surface area contributed by atoms with Crippen LogP contribution in [0.15, 0.2) is 0 Å². The summed E-state index contributed by atoms with van der Waals surface area (Å²) in [6, 6.07) is 0. The largest absolute Gasteiger partial charge is 0.0683 e. The van der Waals surface area contributed by atoms with Gasteiger partial charge in [-0.3, -0.25) is 0 Å². The van der Waals surface area contributed by atoms with Crippen LogP contribution in [-0.4, -0.2) is 0 Å². The van der Waals surface area contributed by atoms with E-state index < -0.39 is 0 Å². The Morgan fingerprint density at radius 1 is 0.375 bits per heavy atom. The van der Waals surface area contributed by atoms with Gasteiger partial charge < -0.3 is 0 Å². The molecule has 0 saturated heterocycles. The molecule has 0 aromatic rings. The highest BCUT2D eigenvalue weighted by atomic mass is 13.8. The van der Waals surface area contributed by atoms with Gasteiger partial charge in [0.25, 0.3) is 0 Å². The van der Waals surface area contributed by atoms with Gasteiger partial charge in [0, 0.05) is 0 Å². The van der Waals surface area contributed by atoms with Gasteiger partial charge >= 0.3 is 0 Å². The van der Waals surface area contributed by atoms with Gasteiger partial charge in [-0.05, 0) is 0 Å². The second-order valence-electron chi connectivity index (χ2n) is 1.71. The maximum absolute atomic E-state index is 2.23. The summed E-state index contributed by atoms with van der Waals surface area (Å²) >= 11 is 0. The van der Waals surface area contributed by atoms with Crippen molar-refractivity contribution in [2.75, 3.05) is 0 Å². The molecule has 0 bridgehead atoms. The smallest absolute Gasteiger partial charge is 0.0536 e. The molecule has 0 aliphatic carbocycles. The van der Waals surface area contributed by atoms with E-state index in [2.05, 4.69) is 13.8 Å². The second kappa shape index (κ2) is 184. The van der Waals surface area contributed by atoms with Crippen molar-refractivity contribution in [3.8, 4) is 0 Å². The van der Waals surface area contributed by atoms with Gasteiger partial charge in [0.1, 0.15) is 0 Å². The van der Waals surface area contributed by atoms with E-state index in [1.807, 2.05) is 69.2 Å². The molecule has 0 aliphatic rings. The van der Waals surface area contributed by atoms with Gasteiger partial charge in [0.05, 0.1) is 0 Å². The first-order valence-electron chi connectivity index (χ1n) is 7.91. The molecular weight excluding hydrogens is 192 g/mol. The van der Waals surface area contributed by atoms with Crippen molar-refractivity contribution in [1.82, 2.24) is 0 Å². The highest BCUT2D eigenvalue weighted by molar-refractivity contribution is 4.31. The minimum Gasteiger partial charge on any atom is -0.0683 e. The molecule has 0 heterocycles. The fourth-order valence-corrected chi connectivity index (χ4v) is 0.500. The minimum atomic E-state index is 1.36. The molecule has 0 amide bonds. The van der Waals surface area contributed by atoms with Crippen LogP contribution in [0.1, 0.15) is 109 Å². The van der Waals surface area contributed by atoms with Gasteiger partial charge in [0.2, 0.25) is 0 Å². The summed E-state index contributed by atoms with van der Waals surface area (Å²) in [7, 11) is 0. The Hall–Kier alpha value is 0. The summed E-state index contributed by atoms with van der Waals surface area (Å²) in [5, 5.41) is 0. The van der Waals surface area contributed by atoms with Crippen LogP contribution >= 0.6 is 0 Å². The zero-order valence-electron chi connectivity index (χ0n) is 14.8. The monoisotopic (exact) mass is 236 g/mol. The first kappa shape index (κ1) is 36.0. The fraction of sp³-hybridized carbons (Fsp3) is 1.00. The standard InChI is InChI=1S/C6H14.5C2H6/c1-3-5-6-4-2;5*1-2/h3-6H2,1-2H3;5*1-2H3. The van der Waals surface area contributed by atoms with Crippen molar-refractivity contribution in [2.45, 2.75) is 109 Å². The Balaban J connectivity index is -0.0000000214. The molecule has 0 unspecified atom stereocenters. The summed E-state index contributed by atoms with van der Waals surface area (Å²) in [6.07, 6.45) is 5.54. The van der Waals surface area contributed by atoms with Crippen LogP contribution in [0.4, 0.5) is 0 Å². The highest BCUT2D eigenvalue weighted by Gasteiger charge is 1.75. The SMILES string of the molecule is CC.CC.CC.CC.CC.CCCCCC. The van der Waals surface area contributed by atoms with E-state index in [0.29, 0.717) is 0 Å². The van der Waals surface area contributed by atoms with Crippen molar-refractivity contribution in [3.63, 3.8) is 0 Å². The normalized spacial score (nSPS) is 5.25. The van der Waals surface area contributed by atoms with E-state index in [4.69, 9.17) is 0 Å². The van der Waals surface area contributed by atoms with Crippen molar-refractivity contribution >= 4 is 0 Å². The minimum absolute atomic E-state index is 1.36. The molecule has 0 atom stereocenters. The van der Waals surface area contributed by atoms with Crippen LogP contribution in [0.25, 0.3) is 0 Å². The molecule has 0 fully saturated rings. The molecule has 0 aliphatic heterocycles. The lowest BCUT2D eigenvalue weighted by Gasteiger charge is -1.86. The van der Waals surface area contributed by atoms with E-state index in [0.717, 1.165) is 0 Å². The molecule has 0 radical (unpaired) electrons. The number of rotatable bonds is 3. The maximum Gasteiger partial charge on any atom is -0.0536 e. The van der Waals surface area contributed by atoms with Crippen molar-refractivity contribution < 1.29 is 0 Å². The number of hydrogen-bond acceptors (Lipinski definition) is 0. The van der Waals surface area contributed by atoms with Crippen LogP contribution in [0.3, 0.4) is 0 Å². The molecule has 108 valence electrons. The van der Waals surface area contributed by atoms with Gasteiger partial charge in [0.15, 0.2) is 0 Å². The second-order valence-corrected chi connectivity index (χ2v) is 1.71. The first-order chi connectivity index (χ1) is 7.91. The molecule has 0 heteroatoms. The number of hydrogen-bond donors (Lipinski definition) is 0. The Labute approximate surface area is 109 Å². The Bertz CT molecular complexity index is 12.0.